The summed E-state index contributed by atoms with van der Waals surface area (Å²) in [7, 11) is 0. The van der Waals surface area contributed by atoms with Crippen molar-refractivity contribution >= 4 is 46.6 Å². The lowest BCUT2D eigenvalue weighted by Gasteiger charge is -2.07. The molecule has 1 heterocycles. The zero-order chi connectivity index (χ0) is 18.7. The van der Waals surface area contributed by atoms with Crippen LogP contribution in [0.15, 0.2) is 47.6 Å². The number of carbonyl (C=O) groups is 1. The van der Waals surface area contributed by atoms with Crippen LogP contribution in [0, 0.1) is 6.92 Å². The van der Waals surface area contributed by atoms with Gasteiger partial charge in [-0.3, -0.25) is 4.79 Å². The second kappa shape index (κ2) is 7.99. The molecule has 0 unspecified atom stereocenters. The highest BCUT2D eigenvalue weighted by atomic mass is 35.5. The molecule has 6 nitrogen and oxygen atoms in total. The van der Waals surface area contributed by atoms with Gasteiger partial charge in [-0.1, -0.05) is 64.8 Å². The number of anilines is 1. The van der Waals surface area contributed by atoms with E-state index < -0.39 is 0 Å². The van der Waals surface area contributed by atoms with Crippen LogP contribution in [0.25, 0.3) is 11.4 Å². The Bertz CT molecular complexity index is 943. The predicted octanol–water partition coefficient (Wildman–Crippen LogP) is 4.00. The van der Waals surface area contributed by atoms with E-state index in [1.54, 1.807) is 18.2 Å². The Labute approximate surface area is 164 Å². The minimum absolute atomic E-state index is 0.103. The van der Waals surface area contributed by atoms with E-state index in [0.717, 1.165) is 11.1 Å². The molecule has 9 heteroatoms. The fourth-order valence-corrected chi connectivity index (χ4v) is 3.18. The Morgan fingerprint density at radius 3 is 2.65 bits per heavy atom. The largest absolute Gasteiger partial charge is 0.335 e. The Balaban J connectivity index is 1.65. The summed E-state index contributed by atoms with van der Waals surface area (Å²) < 4.78 is 1.37. The van der Waals surface area contributed by atoms with Gasteiger partial charge in [-0.15, -0.1) is 10.2 Å². The number of nitrogens with two attached hydrogens (primary N) is 1. The van der Waals surface area contributed by atoms with Crippen LogP contribution in [-0.2, 0) is 4.79 Å². The molecule has 3 aromatic rings. The molecule has 0 saturated carbocycles. The van der Waals surface area contributed by atoms with E-state index in [2.05, 4.69) is 15.5 Å². The van der Waals surface area contributed by atoms with Crippen LogP contribution in [0.2, 0.25) is 10.0 Å². The molecule has 0 aliphatic rings. The lowest BCUT2D eigenvalue weighted by Crippen LogP contribution is -2.16. The second-order valence-corrected chi connectivity index (χ2v) is 7.29. The number of aryl methyl sites for hydroxylation is 1. The summed E-state index contributed by atoms with van der Waals surface area (Å²) in [6.45, 7) is 2.00. The molecule has 134 valence electrons. The summed E-state index contributed by atoms with van der Waals surface area (Å²) in [4.78, 5) is 12.1. The third kappa shape index (κ3) is 4.30. The predicted molar refractivity (Wildman–Crippen MR) is 106 cm³/mol. The van der Waals surface area contributed by atoms with E-state index in [-0.39, 0.29) is 11.7 Å². The zero-order valence-electron chi connectivity index (χ0n) is 13.7. The molecule has 1 aromatic heterocycles. The Kier molecular flexibility index (Phi) is 5.70. The number of hydrogen-bond donors (Lipinski definition) is 2. The highest BCUT2D eigenvalue weighted by molar-refractivity contribution is 7.99. The van der Waals surface area contributed by atoms with Crippen molar-refractivity contribution in [2.45, 2.75) is 12.1 Å². The molecule has 0 aliphatic heterocycles. The van der Waals surface area contributed by atoms with E-state index >= 15 is 0 Å². The maximum atomic E-state index is 12.1. The van der Waals surface area contributed by atoms with Gasteiger partial charge in [0.05, 0.1) is 16.5 Å². The number of carbonyl (C=O) groups excluding carboxylic acids is 1. The van der Waals surface area contributed by atoms with Gasteiger partial charge in [0.25, 0.3) is 0 Å². The topological polar surface area (TPSA) is 85.8 Å². The van der Waals surface area contributed by atoms with Gasteiger partial charge in [0, 0.05) is 10.6 Å². The highest BCUT2D eigenvalue weighted by Crippen LogP contribution is 2.26. The molecule has 1 amide bonds. The quantitative estimate of drug-likeness (QED) is 0.492. The Hall–Kier alpha value is -2.22. The molecule has 0 bridgehead atoms. The maximum Gasteiger partial charge on any atom is 0.234 e. The van der Waals surface area contributed by atoms with E-state index in [1.807, 2.05) is 31.2 Å². The number of hydrogen-bond acceptors (Lipinski definition) is 5. The van der Waals surface area contributed by atoms with Gasteiger partial charge in [-0.25, -0.2) is 4.68 Å². The molecule has 0 radical (unpaired) electrons. The number of nitrogen functional groups attached to an aromatic ring is 1. The van der Waals surface area contributed by atoms with Gasteiger partial charge in [0.2, 0.25) is 11.1 Å². The van der Waals surface area contributed by atoms with Crippen LogP contribution in [0.3, 0.4) is 0 Å². The number of benzene rings is 2. The lowest BCUT2D eigenvalue weighted by atomic mass is 10.1. The summed E-state index contributed by atoms with van der Waals surface area (Å²) in [5.74, 6) is 6.44. The van der Waals surface area contributed by atoms with Crippen LogP contribution in [0.4, 0.5) is 5.69 Å². The van der Waals surface area contributed by atoms with Gasteiger partial charge < -0.3 is 11.2 Å². The standard InChI is InChI=1S/C17H15Cl2N5OS/c1-10-2-4-11(5-3-10)16-22-23-17(24(16)20)26-9-15(25)21-14-8-12(18)6-7-13(14)19/h2-8H,9,20H2,1H3,(H,21,25). The molecule has 3 N–H and O–H groups in total. The van der Waals surface area contributed by atoms with E-state index in [0.29, 0.717) is 26.7 Å². The second-order valence-electron chi connectivity index (χ2n) is 5.50. The molecular formula is C17H15Cl2N5OS. The van der Waals surface area contributed by atoms with Crippen molar-refractivity contribution in [2.75, 3.05) is 16.9 Å². The van der Waals surface area contributed by atoms with Crippen LogP contribution in [0.5, 0.6) is 0 Å². The smallest absolute Gasteiger partial charge is 0.234 e. The molecule has 0 saturated heterocycles. The minimum Gasteiger partial charge on any atom is -0.335 e. The van der Waals surface area contributed by atoms with Crippen molar-refractivity contribution in [3.05, 3.63) is 58.1 Å². The number of amides is 1. The van der Waals surface area contributed by atoms with Gasteiger partial charge >= 0.3 is 0 Å². The van der Waals surface area contributed by atoms with Crippen molar-refractivity contribution < 1.29 is 4.79 Å². The number of rotatable bonds is 5. The number of halogens is 2. The third-order valence-corrected chi connectivity index (χ3v) is 5.02. The van der Waals surface area contributed by atoms with E-state index in [4.69, 9.17) is 29.0 Å². The molecule has 0 atom stereocenters. The summed E-state index contributed by atoms with van der Waals surface area (Å²) >= 11 is 13.1. The Morgan fingerprint density at radius 1 is 1.19 bits per heavy atom. The van der Waals surface area contributed by atoms with Crippen LogP contribution in [0.1, 0.15) is 5.56 Å². The van der Waals surface area contributed by atoms with Crippen molar-refractivity contribution in [1.29, 1.82) is 0 Å². The number of nitrogens with one attached hydrogen (secondary N) is 1. The van der Waals surface area contributed by atoms with Gasteiger partial charge in [-0.05, 0) is 25.1 Å². The van der Waals surface area contributed by atoms with Crippen LogP contribution in [-0.4, -0.2) is 26.5 Å². The van der Waals surface area contributed by atoms with Crippen LogP contribution >= 0.6 is 35.0 Å². The third-order valence-electron chi connectivity index (χ3n) is 3.51. The maximum absolute atomic E-state index is 12.1. The average molecular weight is 408 g/mol. The van der Waals surface area contributed by atoms with E-state index in [1.165, 1.54) is 16.4 Å². The van der Waals surface area contributed by atoms with Crippen LogP contribution < -0.4 is 11.2 Å². The van der Waals surface area contributed by atoms with E-state index in [9.17, 15) is 4.79 Å². The number of nitrogens with zero attached hydrogens (tertiary/aromatic N) is 3. The SMILES string of the molecule is Cc1ccc(-c2nnc(SCC(=O)Nc3cc(Cl)ccc3Cl)n2N)cc1. The molecule has 0 fully saturated rings. The molecule has 2 aromatic carbocycles. The Morgan fingerprint density at radius 2 is 1.92 bits per heavy atom. The summed E-state index contributed by atoms with van der Waals surface area (Å²) in [5, 5.41) is 12.2. The average Bonchev–Trinajstić information content (AvgIpc) is 2.98. The first kappa shape index (κ1) is 18.6. The molecule has 26 heavy (non-hydrogen) atoms. The van der Waals surface area contributed by atoms with Crippen molar-refractivity contribution in [1.82, 2.24) is 14.9 Å². The fraction of sp³-hybridized carbons (Fsp3) is 0.118. The summed E-state index contributed by atoms with van der Waals surface area (Å²) in [6.07, 6.45) is 0. The minimum atomic E-state index is -0.251. The number of aromatic nitrogens is 3. The van der Waals surface area contributed by atoms with Crippen molar-refractivity contribution in [3.8, 4) is 11.4 Å². The van der Waals surface area contributed by atoms with Gasteiger partial charge in [0.15, 0.2) is 5.82 Å². The molecule has 0 aliphatic carbocycles. The lowest BCUT2D eigenvalue weighted by molar-refractivity contribution is -0.113. The summed E-state index contributed by atoms with van der Waals surface area (Å²) in [5.41, 5.74) is 2.45. The van der Waals surface area contributed by atoms with Crippen molar-refractivity contribution in [2.24, 2.45) is 0 Å². The van der Waals surface area contributed by atoms with Crippen molar-refractivity contribution in [3.63, 3.8) is 0 Å². The normalized spacial score (nSPS) is 10.7. The number of thioether (sulfide) groups is 1. The van der Waals surface area contributed by atoms with Gasteiger partial charge in [-0.2, -0.15) is 0 Å². The van der Waals surface area contributed by atoms with Gasteiger partial charge in [0.1, 0.15) is 0 Å². The highest BCUT2D eigenvalue weighted by Gasteiger charge is 2.14. The molecule has 3 rings (SSSR count). The first-order chi connectivity index (χ1) is 12.4. The first-order valence-corrected chi connectivity index (χ1v) is 9.33. The zero-order valence-corrected chi connectivity index (χ0v) is 16.1. The fourth-order valence-electron chi connectivity index (χ4n) is 2.18. The molecule has 0 spiro atoms. The molecular weight excluding hydrogens is 393 g/mol. The summed E-state index contributed by atoms with van der Waals surface area (Å²) in [6, 6.07) is 12.6. The first-order valence-electron chi connectivity index (χ1n) is 7.59. The monoisotopic (exact) mass is 407 g/mol.